The minimum Gasteiger partial charge on any atom is -0.457 e. The molecule has 0 spiro atoms. The number of aliphatic hydroxyl groups is 1. The quantitative estimate of drug-likeness (QED) is 0.867. The highest BCUT2D eigenvalue weighted by atomic mass is 79.9. The maximum absolute atomic E-state index is 9.18. The summed E-state index contributed by atoms with van der Waals surface area (Å²) in [5, 5.41) is 12.4. The lowest BCUT2D eigenvalue weighted by Crippen LogP contribution is -2.13. The van der Waals surface area contributed by atoms with Crippen LogP contribution in [0, 0.1) is 0 Å². The molecule has 0 aliphatic carbocycles. The van der Waals surface area contributed by atoms with Gasteiger partial charge < -0.3 is 15.2 Å². The lowest BCUT2D eigenvalue weighted by atomic mass is 10.1. The van der Waals surface area contributed by atoms with Gasteiger partial charge in [-0.25, -0.2) is 0 Å². The Balaban J connectivity index is 2.33. The van der Waals surface area contributed by atoms with Gasteiger partial charge in [-0.05, 0) is 43.8 Å². The number of halogens is 1. The zero-order chi connectivity index (χ0) is 14.5. The SMILES string of the molecule is CNC(C)c1ccc(Br)cc1Oc1cccc(CO)c1. The zero-order valence-corrected chi connectivity index (χ0v) is 13.1. The first-order valence-corrected chi connectivity index (χ1v) is 7.27. The first kappa shape index (κ1) is 15.0. The predicted molar refractivity (Wildman–Crippen MR) is 84.1 cm³/mol. The first-order chi connectivity index (χ1) is 9.63. The number of benzene rings is 2. The van der Waals surface area contributed by atoms with Crippen LogP contribution in [0.25, 0.3) is 0 Å². The van der Waals surface area contributed by atoms with Crippen LogP contribution in [0.1, 0.15) is 24.1 Å². The van der Waals surface area contributed by atoms with Gasteiger partial charge in [0.15, 0.2) is 0 Å². The maximum atomic E-state index is 9.18. The van der Waals surface area contributed by atoms with Crippen LogP contribution in [0.2, 0.25) is 0 Å². The molecular formula is C16H18BrNO2. The van der Waals surface area contributed by atoms with Crippen molar-refractivity contribution in [1.82, 2.24) is 5.32 Å². The van der Waals surface area contributed by atoms with E-state index in [0.717, 1.165) is 27.1 Å². The van der Waals surface area contributed by atoms with Crippen LogP contribution in [0.5, 0.6) is 11.5 Å². The summed E-state index contributed by atoms with van der Waals surface area (Å²) in [6, 6.07) is 13.7. The molecule has 0 aromatic heterocycles. The van der Waals surface area contributed by atoms with Crippen LogP contribution in [-0.2, 0) is 6.61 Å². The van der Waals surface area contributed by atoms with Gasteiger partial charge in [-0.3, -0.25) is 0 Å². The molecule has 0 heterocycles. The maximum Gasteiger partial charge on any atom is 0.133 e. The average molecular weight is 336 g/mol. The van der Waals surface area contributed by atoms with E-state index in [9.17, 15) is 5.11 Å². The fourth-order valence-electron chi connectivity index (χ4n) is 1.94. The van der Waals surface area contributed by atoms with Crippen LogP contribution in [0.15, 0.2) is 46.9 Å². The lowest BCUT2D eigenvalue weighted by molar-refractivity contribution is 0.281. The van der Waals surface area contributed by atoms with Crippen molar-refractivity contribution in [2.75, 3.05) is 7.05 Å². The van der Waals surface area contributed by atoms with Crippen molar-refractivity contribution in [2.45, 2.75) is 19.6 Å². The molecule has 0 aliphatic rings. The predicted octanol–water partition coefficient (Wildman–Crippen LogP) is 4.01. The molecule has 0 radical (unpaired) electrons. The van der Waals surface area contributed by atoms with Gasteiger partial charge in [-0.1, -0.05) is 34.1 Å². The van der Waals surface area contributed by atoms with Crippen molar-refractivity contribution >= 4 is 15.9 Å². The molecule has 20 heavy (non-hydrogen) atoms. The van der Waals surface area contributed by atoms with E-state index in [2.05, 4.69) is 28.2 Å². The highest BCUT2D eigenvalue weighted by Crippen LogP contribution is 2.32. The second-order valence-corrected chi connectivity index (χ2v) is 5.52. The highest BCUT2D eigenvalue weighted by molar-refractivity contribution is 9.10. The summed E-state index contributed by atoms with van der Waals surface area (Å²) in [5.41, 5.74) is 1.92. The molecule has 0 aliphatic heterocycles. The second kappa shape index (κ2) is 6.88. The summed E-state index contributed by atoms with van der Waals surface area (Å²) in [7, 11) is 1.92. The molecule has 2 aromatic rings. The molecule has 0 bridgehead atoms. The van der Waals surface area contributed by atoms with E-state index in [-0.39, 0.29) is 12.6 Å². The van der Waals surface area contributed by atoms with Crippen molar-refractivity contribution < 1.29 is 9.84 Å². The van der Waals surface area contributed by atoms with Crippen LogP contribution in [-0.4, -0.2) is 12.2 Å². The number of nitrogens with one attached hydrogen (secondary N) is 1. The highest BCUT2D eigenvalue weighted by Gasteiger charge is 2.11. The zero-order valence-electron chi connectivity index (χ0n) is 11.6. The van der Waals surface area contributed by atoms with Gasteiger partial charge in [0.25, 0.3) is 0 Å². The molecule has 3 nitrogen and oxygen atoms in total. The average Bonchev–Trinajstić information content (AvgIpc) is 2.47. The van der Waals surface area contributed by atoms with Gasteiger partial charge >= 0.3 is 0 Å². The summed E-state index contributed by atoms with van der Waals surface area (Å²) < 4.78 is 6.94. The van der Waals surface area contributed by atoms with Gasteiger partial charge in [0.1, 0.15) is 11.5 Å². The van der Waals surface area contributed by atoms with Gasteiger partial charge in [0.2, 0.25) is 0 Å². The first-order valence-electron chi connectivity index (χ1n) is 6.48. The molecule has 106 valence electrons. The lowest BCUT2D eigenvalue weighted by Gasteiger charge is -2.17. The molecule has 2 rings (SSSR count). The molecule has 0 amide bonds. The Bertz CT molecular complexity index is 586. The Morgan fingerprint density at radius 3 is 2.75 bits per heavy atom. The van der Waals surface area contributed by atoms with Crippen molar-refractivity contribution in [3.8, 4) is 11.5 Å². The number of hydrogen-bond donors (Lipinski definition) is 2. The van der Waals surface area contributed by atoms with Crippen LogP contribution >= 0.6 is 15.9 Å². The molecule has 0 saturated heterocycles. The third-order valence-corrected chi connectivity index (χ3v) is 3.68. The van der Waals surface area contributed by atoms with Crippen molar-refractivity contribution in [3.63, 3.8) is 0 Å². The number of rotatable bonds is 5. The van der Waals surface area contributed by atoms with E-state index >= 15 is 0 Å². The van der Waals surface area contributed by atoms with E-state index in [1.54, 1.807) is 0 Å². The molecule has 0 fully saturated rings. The fourth-order valence-corrected chi connectivity index (χ4v) is 2.28. The van der Waals surface area contributed by atoms with E-state index in [4.69, 9.17) is 4.74 Å². The third kappa shape index (κ3) is 3.60. The molecule has 0 saturated carbocycles. The van der Waals surface area contributed by atoms with Crippen LogP contribution in [0.3, 0.4) is 0 Å². The van der Waals surface area contributed by atoms with Crippen LogP contribution < -0.4 is 10.1 Å². The monoisotopic (exact) mass is 335 g/mol. The normalized spacial score (nSPS) is 12.2. The Hall–Kier alpha value is -1.36. The Morgan fingerprint density at radius 1 is 1.25 bits per heavy atom. The molecule has 2 aromatic carbocycles. The standard InChI is InChI=1S/C16H18BrNO2/c1-11(18-2)15-7-6-13(17)9-16(15)20-14-5-3-4-12(8-14)10-19/h3-9,11,18-19H,10H2,1-2H3. The van der Waals surface area contributed by atoms with Crippen molar-refractivity contribution in [1.29, 1.82) is 0 Å². The van der Waals surface area contributed by atoms with Gasteiger partial charge in [0, 0.05) is 16.1 Å². The van der Waals surface area contributed by atoms with Gasteiger partial charge in [-0.15, -0.1) is 0 Å². The fraction of sp³-hybridized carbons (Fsp3) is 0.250. The van der Waals surface area contributed by atoms with Gasteiger partial charge in [0.05, 0.1) is 6.61 Å². The minimum absolute atomic E-state index is 0.00938. The van der Waals surface area contributed by atoms with Crippen molar-refractivity contribution in [3.05, 3.63) is 58.1 Å². The molecule has 4 heteroatoms. The Morgan fingerprint density at radius 2 is 2.05 bits per heavy atom. The van der Waals surface area contributed by atoms with E-state index in [0.29, 0.717) is 0 Å². The molecule has 2 N–H and O–H groups in total. The number of aliphatic hydroxyl groups excluding tert-OH is 1. The smallest absolute Gasteiger partial charge is 0.133 e. The van der Waals surface area contributed by atoms with E-state index < -0.39 is 0 Å². The largest absolute Gasteiger partial charge is 0.457 e. The summed E-state index contributed by atoms with van der Waals surface area (Å²) in [6.45, 7) is 2.09. The van der Waals surface area contributed by atoms with E-state index in [1.807, 2.05) is 49.5 Å². The van der Waals surface area contributed by atoms with Crippen LogP contribution in [0.4, 0.5) is 0 Å². The summed E-state index contributed by atoms with van der Waals surface area (Å²) >= 11 is 3.47. The molecule has 1 atom stereocenters. The Kier molecular flexibility index (Phi) is 5.17. The molecule has 1 unspecified atom stereocenters. The summed E-state index contributed by atoms with van der Waals surface area (Å²) in [6.07, 6.45) is 0. The third-order valence-electron chi connectivity index (χ3n) is 3.18. The Labute approximate surface area is 127 Å². The number of ether oxygens (including phenoxy) is 1. The van der Waals surface area contributed by atoms with E-state index in [1.165, 1.54) is 0 Å². The topological polar surface area (TPSA) is 41.5 Å². The summed E-state index contributed by atoms with van der Waals surface area (Å²) in [5.74, 6) is 1.52. The summed E-state index contributed by atoms with van der Waals surface area (Å²) in [4.78, 5) is 0. The van der Waals surface area contributed by atoms with Gasteiger partial charge in [-0.2, -0.15) is 0 Å². The van der Waals surface area contributed by atoms with Crippen molar-refractivity contribution in [2.24, 2.45) is 0 Å². The second-order valence-electron chi connectivity index (χ2n) is 4.60. The minimum atomic E-state index is 0.00938. The number of hydrogen-bond acceptors (Lipinski definition) is 3. The molecular weight excluding hydrogens is 318 g/mol.